The molecule has 6 nitrogen and oxygen atoms in total. The van der Waals surface area contributed by atoms with E-state index >= 15 is 0 Å². The molecule has 0 radical (unpaired) electrons. The van der Waals surface area contributed by atoms with Gasteiger partial charge in [0.25, 0.3) is 5.56 Å². The van der Waals surface area contributed by atoms with Crippen LogP contribution in [-0.4, -0.2) is 15.5 Å². The SMILES string of the molecule is CCCCc1nc2ccccn2c(=O)c1-c1ccc(OC(N)=O)cc1. The number of aryl methyl sites for hydroxylation is 1. The van der Waals surface area contributed by atoms with Crippen LogP contribution in [0.25, 0.3) is 16.8 Å². The molecule has 0 saturated heterocycles. The van der Waals surface area contributed by atoms with Gasteiger partial charge in [-0.3, -0.25) is 9.20 Å². The van der Waals surface area contributed by atoms with Crippen molar-refractivity contribution in [3.05, 3.63) is 64.7 Å². The highest BCUT2D eigenvalue weighted by Crippen LogP contribution is 2.24. The van der Waals surface area contributed by atoms with Gasteiger partial charge in [0.15, 0.2) is 0 Å². The highest BCUT2D eigenvalue weighted by atomic mass is 16.5. The zero-order valence-corrected chi connectivity index (χ0v) is 13.9. The molecule has 2 N–H and O–H groups in total. The number of carbonyl (C=O) groups is 1. The van der Waals surface area contributed by atoms with Gasteiger partial charge in [0.2, 0.25) is 0 Å². The molecule has 2 heterocycles. The van der Waals surface area contributed by atoms with Crippen molar-refractivity contribution in [3.63, 3.8) is 0 Å². The Kier molecular flexibility index (Phi) is 4.79. The van der Waals surface area contributed by atoms with E-state index in [2.05, 4.69) is 11.9 Å². The van der Waals surface area contributed by atoms with Crippen molar-refractivity contribution in [2.24, 2.45) is 5.73 Å². The maximum atomic E-state index is 13.0. The number of rotatable bonds is 5. The first-order valence-corrected chi connectivity index (χ1v) is 8.18. The molecule has 3 rings (SSSR count). The van der Waals surface area contributed by atoms with Crippen molar-refractivity contribution in [2.75, 3.05) is 0 Å². The lowest BCUT2D eigenvalue weighted by Gasteiger charge is -2.11. The van der Waals surface area contributed by atoms with Crippen molar-refractivity contribution in [1.82, 2.24) is 9.38 Å². The molecule has 6 heteroatoms. The van der Waals surface area contributed by atoms with E-state index in [1.54, 1.807) is 40.9 Å². The van der Waals surface area contributed by atoms with Crippen LogP contribution in [0, 0.1) is 0 Å². The van der Waals surface area contributed by atoms with E-state index in [4.69, 9.17) is 10.5 Å². The highest BCUT2D eigenvalue weighted by Gasteiger charge is 2.14. The fraction of sp³-hybridized carbons (Fsp3) is 0.211. The quantitative estimate of drug-likeness (QED) is 0.775. The number of fused-ring (bicyclic) bond motifs is 1. The standard InChI is InChI=1S/C19H19N3O3/c1-2-3-6-15-17(13-8-10-14(11-9-13)25-19(20)24)18(23)22-12-5-4-7-16(22)21-15/h4-5,7-12H,2-3,6H2,1H3,(H2,20,24). The lowest BCUT2D eigenvalue weighted by atomic mass is 10.0. The number of nitrogens with two attached hydrogens (primary N) is 1. The molecule has 0 bridgehead atoms. The zero-order chi connectivity index (χ0) is 17.8. The summed E-state index contributed by atoms with van der Waals surface area (Å²) < 4.78 is 6.38. The van der Waals surface area contributed by atoms with Gasteiger partial charge in [-0.15, -0.1) is 0 Å². The number of unbranched alkanes of at least 4 members (excludes halogenated alkanes) is 1. The smallest absolute Gasteiger partial charge is 0.409 e. The Bertz CT molecular complexity index is 962. The van der Waals surface area contributed by atoms with Crippen molar-refractivity contribution in [3.8, 4) is 16.9 Å². The summed E-state index contributed by atoms with van der Waals surface area (Å²) >= 11 is 0. The Labute approximate surface area is 144 Å². The Morgan fingerprint density at radius 2 is 1.96 bits per heavy atom. The number of pyridine rings is 1. The predicted molar refractivity (Wildman–Crippen MR) is 95.7 cm³/mol. The first kappa shape index (κ1) is 16.7. The van der Waals surface area contributed by atoms with Gasteiger partial charge in [-0.25, -0.2) is 9.78 Å². The van der Waals surface area contributed by atoms with E-state index in [9.17, 15) is 9.59 Å². The Hall–Kier alpha value is -3.15. The van der Waals surface area contributed by atoms with E-state index < -0.39 is 6.09 Å². The van der Waals surface area contributed by atoms with Gasteiger partial charge in [0.1, 0.15) is 11.4 Å². The second kappa shape index (κ2) is 7.17. The number of aromatic nitrogens is 2. The monoisotopic (exact) mass is 337 g/mol. The number of benzene rings is 1. The number of amides is 1. The Balaban J connectivity index is 2.14. The molecule has 2 aromatic heterocycles. The first-order chi connectivity index (χ1) is 12.1. The molecule has 25 heavy (non-hydrogen) atoms. The summed E-state index contributed by atoms with van der Waals surface area (Å²) in [5.74, 6) is 0.334. The van der Waals surface area contributed by atoms with E-state index in [0.717, 1.165) is 30.5 Å². The molecule has 1 aromatic carbocycles. The third-order valence-electron chi connectivity index (χ3n) is 3.94. The van der Waals surface area contributed by atoms with Crippen LogP contribution in [0.5, 0.6) is 5.75 Å². The molecular weight excluding hydrogens is 318 g/mol. The minimum atomic E-state index is -0.871. The van der Waals surface area contributed by atoms with Crippen LogP contribution in [0.15, 0.2) is 53.5 Å². The summed E-state index contributed by atoms with van der Waals surface area (Å²) in [6.45, 7) is 2.10. The maximum Gasteiger partial charge on any atom is 0.409 e. The summed E-state index contributed by atoms with van der Waals surface area (Å²) in [4.78, 5) is 28.5. The minimum absolute atomic E-state index is 0.111. The van der Waals surface area contributed by atoms with E-state index in [1.807, 2.05) is 12.1 Å². The largest absolute Gasteiger partial charge is 0.411 e. The van der Waals surface area contributed by atoms with Crippen LogP contribution in [0.4, 0.5) is 4.79 Å². The van der Waals surface area contributed by atoms with Crippen LogP contribution >= 0.6 is 0 Å². The molecule has 0 saturated carbocycles. The second-order valence-electron chi connectivity index (χ2n) is 5.72. The second-order valence-corrected chi connectivity index (χ2v) is 5.72. The molecule has 0 fully saturated rings. The van der Waals surface area contributed by atoms with Crippen LogP contribution < -0.4 is 16.0 Å². The average Bonchev–Trinajstić information content (AvgIpc) is 2.60. The summed E-state index contributed by atoms with van der Waals surface area (Å²) in [6, 6.07) is 12.2. The van der Waals surface area contributed by atoms with Gasteiger partial charge in [0.05, 0.1) is 11.3 Å². The van der Waals surface area contributed by atoms with Crippen LogP contribution in [0.1, 0.15) is 25.5 Å². The van der Waals surface area contributed by atoms with Gasteiger partial charge in [0, 0.05) is 6.20 Å². The van der Waals surface area contributed by atoms with Gasteiger partial charge in [-0.2, -0.15) is 0 Å². The van der Waals surface area contributed by atoms with Crippen LogP contribution in [0.2, 0.25) is 0 Å². The van der Waals surface area contributed by atoms with Crippen molar-refractivity contribution in [2.45, 2.75) is 26.2 Å². The van der Waals surface area contributed by atoms with Crippen molar-refractivity contribution < 1.29 is 9.53 Å². The maximum absolute atomic E-state index is 13.0. The van der Waals surface area contributed by atoms with Crippen molar-refractivity contribution >= 4 is 11.7 Å². The molecule has 0 aliphatic rings. The van der Waals surface area contributed by atoms with E-state index in [1.165, 1.54) is 0 Å². The van der Waals surface area contributed by atoms with E-state index in [-0.39, 0.29) is 5.56 Å². The normalized spacial score (nSPS) is 10.8. The Morgan fingerprint density at radius 3 is 2.64 bits per heavy atom. The number of primary amides is 1. The molecular formula is C19H19N3O3. The summed E-state index contributed by atoms with van der Waals surface area (Å²) in [5, 5.41) is 0. The molecule has 0 atom stereocenters. The van der Waals surface area contributed by atoms with Gasteiger partial charge >= 0.3 is 6.09 Å². The molecule has 0 unspecified atom stereocenters. The van der Waals surface area contributed by atoms with E-state index in [0.29, 0.717) is 17.0 Å². The highest BCUT2D eigenvalue weighted by molar-refractivity contribution is 5.70. The molecule has 0 spiro atoms. The average molecular weight is 337 g/mol. The molecule has 0 aliphatic carbocycles. The summed E-state index contributed by atoms with van der Waals surface area (Å²) in [7, 11) is 0. The third-order valence-corrected chi connectivity index (χ3v) is 3.94. The molecule has 0 aliphatic heterocycles. The number of ether oxygens (including phenoxy) is 1. The third kappa shape index (κ3) is 3.52. The molecule has 1 amide bonds. The number of hydrogen-bond acceptors (Lipinski definition) is 4. The van der Waals surface area contributed by atoms with Gasteiger partial charge in [-0.1, -0.05) is 31.5 Å². The van der Waals surface area contributed by atoms with Crippen LogP contribution in [-0.2, 0) is 6.42 Å². The lowest BCUT2D eigenvalue weighted by molar-refractivity contribution is 0.211. The van der Waals surface area contributed by atoms with Gasteiger partial charge < -0.3 is 10.5 Å². The summed E-state index contributed by atoms with van der Waals surface area (Å²) in [6.07, 6.45) is 3.53. The fourth-order valence-electron chi connectivity index (χ4n) is 2.76. The predicted octanol–water partition coefficient (Wildman–Crippen LogP) is 3.16. The number of hydrogen-bond donors (Lipinski definition) is 1. The molecule has 128 valence electrons. The topological polar surface area (TPSA) is 86.7 Å². The first-order valence-electron chi connectivity index (χ1n) is 8.18. The Morgan fingerprint density at radius 1 is 1.20 bits per heavy atom. The van der Waals surface area contributed by atoms with Gasteiger partial charge in [-0.05, 0) is 42.7 Å². The number of nitrogens with zero attached hydrogens (tertiary/aromatic N) is 2. The number of carbonyl (C=O) groups excluding carboxylic acids is 1. The van der Waals surface area contributed by atoms with Crippen LogP contribution in [0.3, 0.4) is 0 Å². The zero-order valence-electron chi connectivity index (χ0n) is 13.9. The minimum Gasteiger partial charge on any atom is -0.411 e. The fourth-order valence-corrected chi connectivity index (χ4v) is 2.76. The molecule has 3 aromatic rings. The lowest BCUT2D eigenvalue weighted by Crippen LogP contribution is -2.20. The van der Waals surface area contributed by atoms with Crippen molar-refractivity contribution in [1.29, 1.82) is 0 Å². The summed E-state index contributed by atoms with van der Waals surface area (Å²) in [5.41, 5.74) is 7.63.